The first kappa shape index (κ1) is 20.5. The third-order valence-corrected chi connectivity index (χ3v) is 4.83. The second-order valence-corrected chi connectivity index (χ2v) is 6.84. The number of para-hydroxylation sites is 1. The van der Waals surface area contributed by atoms with Crippen LogP contribution >= 0.6 is 11.8 Å². The number of nitro benzene ring substituents is 1. The van der Waals surface area contributed by atoms with Crippen molar-refractivity contribution in [2.24, 2.45) is 0 Å². The highest BCUT2D eigenvalue weighted by atomic mass is 32.2. The van der Waals surface area contributed by atoms with Crippen LogP contribution in [0.1, 0.15) is 18.9 Å². The number of nitro groups is 1. The number of carbonyl (C=O) groups excluding carboxylic acids is 2. The molecule has 1 unspecified atom stereocenters. The number of nitrogens with zero attached hydrogens (tertiary/aromatic N) is 2. The summed E-state index contributed by atoms with van der Waals surface area (Å²) in [6, 6.07) is 4.64. The van der Waals surface area contributed by atoms with Crippen molar-refractivity contribution in [3.8, 4) is 0 Å². The molecule has 0 bridgehead atoms. The minimum atomic E-state index is -1.22. The van der Waals surface area contributed by atoms with Gasteiger partial charge in [0, 0.05) is 17.9 Å². The molecule has 1 aliphatic rings. The highest BCUT2D eigenvalue weighted by molar-refractivity contribution is 8.13. The summed E-state index contributed by atoms with van der Waals surface area (Å²) in [6.45, 7) is 1.48. The van der Waals surface area contributed by atoms with Gasteiger partial charge in [0.15, 0.2) is 0 Å². The van der Waals surface area contributed by atoms with E-state index in [4.69, 9.17) is 9.47 Å². The number of carbonyl (C=O) groups is 3. The van der Waals surface area contributed by atoms with E-state index in [-0.39, 0.29) is 37.4 Å². The monoisotopic (exact) mass is 398 g/mol. The number of carboxylic acids is 1. The summed E-state index contributed by atoms with van der Waals surface area (Å²) in [5.74, 6) is -1.22. The van der Waals surface area contributed by atoms with E-state index in [0.717, 1.165) is 16.7 Å². The van der Waals surface area contributed by atoms with Crippen LogP contribution < -0.4 is 0 Å². The molecule has 1 heterocycles. The average Bonchev–Trinajstić information content (AvgIpc) is 3.04. The molecule has 0 aliphatic carbocycles. The highest BCUT2D eigenvalue weighted by Gasteiger charge is 2.42. The standard InChI is InChI=1S/C16H18N2O8S/c1-2-25-16(22)27-11-7-13(14(19)20)17(8-11)15(21)26-9-10-5-3-4-6-12(10)18(23)24/h3-6,11,13H,2,7-9H2,1H3,(H,19,20)/t11?,13-/m0/s1. The Morgan fingerprint density at radius 2 is 2.04 bits per heavy atom. The Kier molecular flexibility index (Phi) is 6.99. The summed E-state index contributed by atoms with van der Waals surface area (Å²) in [5, 5.41) is 19.3. The lowest BCUT2D eigenvalue weighted by molar-refractivity contribution is -0.385. The second kappa shape index (κ2) is 9.21. The van der Waals surface area contributed by atoms with Crippen LogP contribution in [0.15, 0.2) is 24.3 Å². The molecule has 0 radical (unpaired) electrons. The van der Waals surface area contributed by atoms with Crippen molar-refractivity contribution in [1.29, 1.82) is 0 Å². The van der Waals surface area contributed by atoms with Crippen molar-refractivity contribution in [2.75, 3.05) is 13.2 Å². The minimum absolute atomic E-state index is 0.00381. The van der Waals surface area contributed by atoms with Crippen molar-refractivity contribution in [2.45, 2.75) is 31.2 Å². The Hall–Kier alpha value is -2.82. The van der Waals surface area contributed by atoms with Crippen LogP contribution in [-0.4, -0.2) is 56.7 Å². The number of amides is 1. The Morgan fingerprint density at radius 1 is 1.33 bits per heavy atom. The Balaban J connectivity index is 2.02. The molecule has 1 amide bonds. The molecule has 2 rings (SSSR count). The summed E-state index contributed by atoms with van der Waals surface area (Å²) in [5.41, 5.74) is -0.00313. The molecule has 1 aliphatic heterocycles. The van der Waals surface area contributed by atoms with Crippen molar-refractivity contribution in [3.05, 3.63) is 39.9 Å². The molecule has 1 fully saturated rings. The first-order valence-electron chi connectivity index (χ1n) is 8.05. The molecule has 0 spiro atoms. The molecule has 11 heteroatoms. The SMILES string of the molecule is CCOC(=O)SC1C[C@@H](C(=O)O)N(C(=O)OCc2ccccc2[N+](=O)[O-])C1. The van der Waals surface area contributed by atoms with Crippen LogP contribution in [0.2, 0.25) is 0 Å². The van der Waals surface area contributed by atoms with Crippen LogP contribution in [0.4, 0.5) is 15.3 Å². The maximum Gasteiger partial charge on any atom is 0.410 e. The zero-order valence-electron chi connectivity index (χ0n) is 14.4. The lowest BCUT2D eigenvalue weighted by Gasteiger charge is -2.20. The van der Waals surface area contributed by atoms with Gasteiger partial charge >= 0.3 is 17.4 Å². The maximum atomic E-state index is 12.3. The van der Waals surface area contributed by atoms with Gasteiger partial charge in [0.05, 0.1) is 17.1 Å². The number of rotatable bonds is 6. The lowest BCUT2D eigenvalue weighted by Crippen LogP contribution is -2.40. The molecule has 0 saturated carbocycles. The van der Waals surface area contributed by atoms with Gasteiger partial charge in [0.1, 0.15) is 12.6 Å². The summed E-state index contributed by atoms with van der Waals surface area (Å²) in [7, 11) is 0. The molecular formula is C16H18N2O8S. The van der Waals surface area contributed by atoms with Gasteiger partial charge in [-0.1, -0.05) is 12.1 Å². The number of hydrogen-bond acceptors (Lipinski definition) is 8. The third-order valence-electron chi connectivity index (χ3n) is 3.85. The third kappa shape index (κ3) is 5.33. The molecule has 0 aromatic heterocycles. The maximum absolute atomic E-state index is 12.3. The number of ether oxygens (including phenoxy) is 2. The topological polar surface area (TPSA) is 136 Å². The lowest BCUT2D eigenvalue weighted by atomic mass is 10.2. The fourth-order valence-corrected chi connectivity index (χ4v) is 3.61. The summed E-state index contributed by atoms with van der Waals surface area (Å²) >= 11 is 0.832. The molecular weight excluding hydrogens is 380 g/mol. The number of aliphatic carboxylic acids is 1. The van der Waals surface area contributed by atoms with E-state index in [1.54, 1.807) is 13.0 Å². The van der Waals surface area contributed by atoms with Crippen LogP contribution in [0.3, 0.4) is 0 Å². The molecule has 10 nitrogen and oxygen atoms in total. The molecule has 146 valence electrons. The molecule has 2 atom stereocenters. The van der Waals surface area contributed by atoms with Crippen LogP contribution in [0.5, 0.6) is 0 Å². The Labute approximate surface area is 158 Å². The van der Waals surface area contributed by atoms with Gasteiger partial charge in [0.2, 0.25) is 0 Å². The van der Waals surface area contributed by atoms with Crippen LogP contribution in [-0.2, 0) is 20.9 Å². The average molecular weight is 398 g/mol. The molecule has 1 N–H and O–H groups in total. The minimum Gasteiger partial charge on any atom is -0.480 e. The number of carboxylic acid groups (broad SMARTS) is 1. The molecule has 1 saturated heterocycles. The first-order chi connectivity index (χ1) is 12.8. The molecule has 1 aromatic rings. The van der Waals surface area contributed by atoms with Crippen LogP contribution in [0.25, 0.3) is 0 Å². The summed E-state index contributed by atoms with van der Waals surface area (Å²) in [4.78, 5) is 46.7. The van der Waals surface area contributed by atoms with Crippen molar-refractivity contribution in [1.82, 2.24) is 4.90 Å². The van der Waals surface area contributed by atoms with E-state index in [0.29, 0.717) is 0 Å². The normalized spacial score (nSPS) is 18.8. The smallest absolute Gasteiger partial charge is 0.410 e. The van der Waals surface area contributed by atoms with Gasteiger partial charge in [-0.2, -0.15) is 0 Å². The van der Waals surface area contributed by atoms with Crippen molar-refractivity contribution >= 4 is 34.8 Å². The van der Waals surface area contributed by atoms with Crippen molar-refractivity contribution in [3.63, 3.8) is 0 Å². The van der Waals surface area contributed by atoms with E-state index in [1.165, 1.54) is 18.2 Å². The fourth-order valence-electron chi connectivity index (χ4n) is 2.64. The predicted octanol–water partition coefficient (Wildman–Crippen LogP) is 2.65. The van der Waals surface area contributed by atoms with Gasteiger partial charge in [-0.05, 0) is 31.2 Å². The first-order valence-corrected chi connectivity index (χ1v) is 8.93. The molecule has 27 heavy (non-hydrogen) atoms. The number of hydrogen-bond donors (Lipinski definition) is 1. The Morgan fingerprint density at radius 3 is 2.67 bits per heavy atom. The number of thioether (sulfide) groups is 1. The van der Waals surface area contributed by atoms with E-state index < -0.39 is 33.6 Å². The van der Waals surface area contributed by atoms with Gasteiger partial charge in [0.25, 0.3) is 5.69 Å². The fraction of sp³-hybridized carbons (Fsp3) is 0.438. The van der Waals surface area contributed by atoms with E-state index in [9.17, 15) is 29.6 Å². The van der Waals surface area contributed by atoms with E-state index in [1.807, 2.05) is 0 Å². The summed E-state index contributed by atoms with van der Waals surface area (Å²) < 4.78 is 9.89. The second-order valence-electron chi connectivity index (χ2n) is 5.61. The van der Waals surface area contributed by atoms with Gasteiger partial charge in [-0.25, -0.2) is 14.4 Å². The zero-order chi connectivity index (χ0) is 20.0. The van der Waals surface area contributed by atoms with Gasteiger partial charge < -0.3 is 14.6 Å². The Bertz CT molecular complexity index is 741. The van der Waals surface area contributed by atoms with Crippen molar-refractivity contribution < 1.29 is 33.9 Å². The van der Waals surface area contributed by atoms with E-state index in [2.05, 4.69) is 0 Å². The largest absolute Gasteiger partial charge is 0.480 e. The predicted molar refractivity (Wildman–Crippen MR) is 94.4 cm³/mol. The van der Waals surface area contributed by atoms with Gasteiger partial charge in [-0.15, -0.1) is 0 Å². The van der Waals surface area contributed by atoms with Crippen LogP contribution in [0, 0.1) is 10.1 Å². The highest BCUT2D eigenvalue weighted by Crippen LogP contribution is 2.30. The zero-order valence-corrected chi connectivity index (χ0v) is 15.2. The number of likely N-dealkylation sites (tertiary alicyclic amines) is 1. The number of benzene rings is 1. The quantitative estimate of drug-likeness (QED) is 0.435. The van der Waals surface area contributed by atoms with Gasteiger partial charge in [-0.3, -0.25) is 15.0 Å². The van der Waals surface area contributed by atoms with E-state index >= 15 is 0 Å². The molecule has 1 aromatic carbocycles. The summed E-state index contributed by atoms with van der Waals surface area (Å²) in [6.07, 6.45) is -0.841.